The summed E-state index contributed by atoms with van der Waals surface area (Å²) in [5.74, 6) is -0.601. The van der Waals surface area contributed by atoms with Gasteiger partial charge < -0.3 is 19.4 Å². The van der Waals surface area contributed by atoms with E-state index >= 15 is 0 Å². The first-order valence-corrected chi connectivity index (χ1v) is 13.8. The third-order valence-corrected chi connectivity index (χ3v) is 8.31. The summed E-state index contributed by atoms with van der Waals surface area (Å²) in [6, 6.07) is 0. The maximum atomic E-state index is 13.0. The van der Waals surface area contributed by atoms with Crippen LogP contribution < -0.4 is 4.90 Å². The molecular formula is C24H26Cl3N5O4S. The van der Waals surface area contributed by atoms with Crippen LogP contribution in [0.4, 0.5) is 5.13 Å². The van der Waals surface area contributed by atoms with Crippen LogP contribution >= 0.6 is 46.1 Å². The lowest BCUT2D eigenvalue weighted by atomic mass is 9.88. The van der Waals surface area contributed by atoms with E-state index in [1.807, 2.05) is 6.92 Å². The molecule has 1 fully saturated rings. The van der Waals surface area contributed by atoms with Crippen molar-refractivity contribution >= 4 is 63.0 Å². The normalized spacial score (nSPS) is 17.7. The zero-order valence-corrected chi connectivity index (χ0v) is 23.6. The average molecular weight is 587 g/mol. The molecule has 1 saturated heterocycles. The zero-order valence-electron chi connectivity index (χ0n) is 20.5. The second-order valence-corrected chi connectivity index (χ2v) is 10.6. The molecule has 37 heavy (non-hydrogen) atoms. The highest BCUT2D eigenvalue weighted by Crippen LogP contribution is 2.37. The number of piperidine rings is 1. The molecule has 0 bridgehead atoms. The molecule has 4 rings (SSSR count). The topological polar surface area (TPSA) is 110 Å². The van der Waals surface area contributed by atoms with E-state index in [0.29, 0.717) is 63.9 Å². The summed E-state index contributed by atoms with van der Waals surface area (Å²) in [6.07, 6.45) is 3.62. The average Bonchev–Trinajstić information content (AvgIpc) is 3.43. The summed E-state index contributed by atoms with van der Waals surface area (Å²) in [4.78, 5) is 44.2. The number of rotatable bonds is 9. The molecule has 0 radical (unpaired) electrons. The number of hydrogen-bond acceptors (Lipinski definition) is 9. The molecule has 0 aromatic carbocycles. The van der Waals surface area contributed by atoms with Gasteiger partial charge in [0.2, 0.25) is 0 Å². The molecule has 198 valence electrons. The van der Waals surface area contributed by atoms with Crippen molar-refractivity contribution in [2.24, 2.45) is 5.92 Å². The van der Waals surface area contributed by atoms with E-state index < -0.39 is 5.97 Å². The molecule has 0 saturated carbocycles. The summed E-state index contributed by atoms with van der Waals surface area (Å²) in [7, 11) is 0. The molecule has 1 N–H and O–H groups in total. The summed E-state index contributed by atoms with van der Waals surface area (Å²) in [5.41, 5.74) is 1.80. The fourth-order valence-corrected chi connectivity index (χ4v) is 5.80. The molecule has 3 aromatic heterocycles. The molecule has 13 heteroatoms. The number of carbonyl (C=O) groups excluding carboxylic acids is 2. The van der Waals surface area contributed by atoms with Gasteiger partial charge in [0.1, 0.15) is 27.1 Å². The van der Waals surface area contributed by atoms with Crippen LogP contribution in [-0.2, 0) is 9.47 Å². The Bertz CT molecular complexity index is 1280. The third kappa shape index (κ3) is 6.09. The number of aromatic amines is 1. The molecule has 4 heterocycles. The van der Waals surface area contributed by atoms with Crippen LogP contribution in [0, 0.1) is 12.8 Å². The minimum Gasteiger partial charge on any atom is -0.462 e. The summed E-state index contributed by atoms with van der Waals surface area (Å²) < 4.78 is 11.3. The highest BCUT2D eigenvalue weighted by atomic mass is 35.5. The number of nitrogens with one attached hydrogen (secondary N) is 1. The standard InChI is InChI=1S/C24H26Cl3N5O4S/c1-4-35-16-11-32(7-6-13(16)8-15(33)21-19(27)18(26)12(3)30-21)24-31-20(14-9-29-17(25)10-28-14)22(37-24)23(34)36-5-2/h9-10,13,16,30H,4-8,11H2,1-3H3/t13-,16-/m0/s1. The number of nitrogens with zero attached hydrogens (tertiary/aromatic N) is 4. The fourth-order valence-electron chi connectivity index (χ4n) is 4.27. The van der Waals surface area contributed by atoms with Gasteiger partial charge in [-0.3, -0.25) is 4.79 Å². The molecule has 2 atom stereocenters. The lowest BCUT2D eigenvalue weighted by molar-refractivity contribution is 0.0103. The maximum absolute atomic E-state index is 13.0. The highest BCUT2D eigenvalue weighted by Gasteiger charge is 2.35. The van der Waals surface area contributed by atoms with Crippen molar-refractivity contribution in [3.8, 4) is 11.4 Å². The molecule has 0 aliphatic carbocycles. The first-order chi connectivity index (χ1) is 17.7. The Morgan fingerprint density at radius 3 is 2.57 bits per heavy atom. The molecule has 1 aliphatic rings. The van der Waals surface area contributed by atoms with Gasteiger partial charge in [0.15, 0.2) is 10.9 Å². The Kier molecular flexibility index (Phi) is 9.07. The number of halogens is 3. The second kappa shape index (κ2) is 12.1. The smallest absolute Gasteiger partial charge is 0.350 e. The van der Waals surface area contributed by atoms with Gasteiger partial charge in [-0.05, 0) is 33.1 Å². The SMILES string of the molecule is CCOC(=O)c1sc(N2CC[C@@H](CC(=O)c3[nH]c(C)c(Cl)c3Cl)[C@@H](OCC)C2)nc1-c1cnc(Cl)cn1. The van der Waals surface area contributed by atoms with Crippen molar-refractivity contribution in [2.45, 2.75) is 39.7 Å². The largest absolute Gasteiger partial charge is 0.462 e. The van der Waals surface area contributed by atoms with Gasteiger partial charge in [0.05, 0.1) is 35.1 Å². The van der Waals surface area contributed by atoms with Gasteiger partial charge in [-0.15, -0.1) is 0 Å². The lowest BCUT2D eigenvalue weighted by Crippen LogP contribution is -2.46. The van der Waals surface area contributed by atoms with Crippen molar-refractivity contribution in [2.75, 3.05) is 31.2 Å². The van der Waals surface area contributed by atoms with Crippen molar-refractivity contribution in [1.82, 2.24) is 19.9 Å². The monoisotopic (exact) mass is 585 g/mol. The molecule has 0 spiro atoms. The van der Waals surface area contributed by atoms with E-state index in [4.69, 9.17) is 49.3 Å². The van der Waals surface area contributed by atoms with E-state index in [2.05, 4.69) is 19.9 Å². The van der Waals surface area contributed by atoms with E-state index in [0.717, 1.165) is 0 Å². The van der Waals surface area contributed by atoms with E-state index in [1.165, 1.54) is 23.7 Å². The number of esters is 1. The van der Waals surface area contributed by atoms with Gasteiger partial charge in [-0.2, -0.15) is 0 Å². The van der Waals surface area contributed by atoms with Crippen molar-refractivity contribution in [1.29, 1.82) is 0 Å². The van der Waals surface area contributed by atoms with Crippen LogP contribution in [0.3, 0.4) is 0 Å². The van der Waals surface area contributed by atoms with E-state index in [9.17, 15) is 9.59 Å². The molecular weight excluding hydrogens is 561 g/mol. The Balaban J connectivity index is 1.56. The predicted octanol–water partition coefficient (Wildman–Crippen LogP) is 5.88. The number of thiazole rings is 1. The van der Waals surface area contributed by atoms with Gasteiger partial charge in [-0.1, -0.05) is 46.1 Å². The number of Topliss-reactive ketones (excluding diaryl/α,β-unsaturated/α-hetero) is 1. The minimum atomic E-state index is -0.475. The summed E-state index contributed by atoms with van der Waals surface area (Å²) >= 11 is 19.5. The zero-order chi connectivity index (χ0) is 26.7. The van der Waals surface area contributed by atoms with Crippen LogP contribution in [0.1, 0.15) is 52.5 Å². The number of hydrogen-bond donors (Lipinski definition) is 1. The van der Waals surface area contributed by atoms with Crippen LogP contribution in [0.5, 0.6) is 0 Å². The van der Waals surface area contributed by atoms with Crippen LogP contribution in [0.15, 0.2) is 12.4 Å². The quantitative estimate of drug-likeness (QED) is 0.245. The van der Waals surface area contributed by atoms with Gasteiger partial charge in [-0.25, -0.2) is 19.7 Å². The Morgan fingerprint density at radius 1 is 1.16 bits per heavy atom. The van der Waals surface area contributed by atoms with E-state index in [-0.39, 0.29) is 41.0 Å². The number of ketones is 1. The lowest BCUT2D eigenvalue weighted by Gasteiger charge is -2.38. The van der Waals surface area contributed by atoms with Crippen molar-refractivity contribution in [3.63, 3.8) is 0 Å². The number of ether oxygens (including phenoxy) is 2. The van der Waals surface area contributed by atoms with Gasteiger partial charge >= 0.3 is 5.97 Å². The molecule has 0 amide bonds. The minimum absolute atomic E-state index is 0.0201. The number of aromatic nitrogens is 4. The van der Waals surface area contributed by atoms with Crippen LogP contribution in [-0.4, -0.2) is 64.1 Å². The summed E-state index contributed by atoms with van der Waals surface area (Å²) in [6.45, 7) is 7.30. The first kappa shape index (κ1) is 27.8. The predicted molar refractivity (Wildman–Crippen MR) is 144 cm³/mol. The van der Waals surface area contributed by atoms with Gasteiger partial charge in [0.25, 0.3) is 0 Å². The Labute approximate surface area is 233 Å². The fraction of sp³-hybridized carbons (Fsp3) is 0.458. The number of anilines is 1. The molecule has 1 aliphatic heterocycles. The molecule has 3 aromatic rings. The number of carbonyl (C=O) groups is 2. The van der Waals surface area contributed by atoms with Crippen LogP contribution in [0.2, 0.25) is 15.2 Å². The first-order valence-electron chi connectivity index (χ1n) is 11.8. The maximum Gasteiger partial charge on any atom is 0.350 e. The third-order valence-electron chi connectivity index (χ3n) is 6.07. The van der Waals surface area contributed by atoms with Gasteiger partial charge in [0, 0.05) is 31.8 Å². The second-order valence-electron chi connectivity index (χ2n) is 8.49. The van der Waals surface area contributed by atoms with E-state index in [1.54, 1.807) is 13.8 Å². The van der Waals surface area contributed by atoms with Crippen molar-refractivity contribution in [3.05, 3.63) is 43.9 Å². The molecule has 0 unspecified atom stereocenters. The van der Waals surface area contributed by atoms with Crippen molar-refractivity contribution < 1.29 is 19.1 Å². The number of H-pyrrole nitrogens is 1. The Hall–Kier alpha value is -2.24. The molecule has 9 nitrogen and oxygen atoms in total. The Morgan fingerprint density at radius 2 is 1.95 bits per heavy atom. The highest BCUT2D eigenvalue weighted by molar-refractivity contribution is 7.17. The summed E-state index contributed by atoms with van der Waals surface area (Å²) in [5, 5.41) is 1.50. The number of aryl methyl sites for hydroxylation is 1. The van der Waals surface area contributed by atoms with Crippen LogP contribution in [0.25, 0.3) is 11.4 Å².